The van der Waals surface area contributed by atoms with E-state index in [2.05, 4.69) is 20.1 Å². The molecule has 120 valence electrons. The molecule has 1 N–H and O–H groups in total. The Bertz CT molecular complexity index is 705. The minimum atomic E-state index is -0.335. The number of aromatic nitrogens is 1. The van der Waals surface area contributed by atoms with Crippen LogP contribution in [0, 0.1) is 0 Å². The Hall–Kier alpha value is -2.34. The van der Waals surface area contributed by atoms with E-state index in [-0.39, 0.29) is 11.6 Å². The highest BCUT2D eigenvalue weighted by Crippen LogP contribution is 2.34. The fraction of sp³-hybridized carbons (Fsp3) is 0.412. The zero-order chi connectivity index (χ0) is 15.9. The molecular formula is C17H20N4O2. The van der Waals surface area contributed by atoms with E-state index < -0.39 is 0 Å². The summed E-state index contributed by atoms with van der Waals surface area (Å²) in [5.41, 5.74) is 0.316. The predicted molar refractivity (Wildman–Crippen MR) is 86.1 cm³/mol. The average molecular weight is 312 g/mol. The van der Waals surface area contributed by atoms with Gasteiger partial charge in [-0.05, 0) is 24.3 Å². The number of hydrogen-bond acceptors (Lipinski definition) is 5. The van der Waals surface area contributed by atoms with Crippen molar-refractivity contribution in [1.29, 1.82) is 0 Å². The number of nitrogens with zero attached hydrogens (tertiary/aromatic N) is 3. The van der Waals surface area contributed by atoms with Crippen molar-refractivity contribution in [3.05, 3.63) is 48.0 Å². The largest absolute Gasteiger partial charge is 0.468 e. The number of furan rings is 1. The van der Waals surface area contributed by atoms with E-state index in [0.29, 0.717) is 5.56 Å². The fourth-order valence-corrected chi connectivity index (χ4v) is 3.57. The maximum atomic E-state index is 12.4. The first kappa shape index (κ1) is 14.3. The highest BCUT2D eigenvalue weighted by Gasteiger charge is 2.44. The molecule has 0 aromatic carbocycles. The normalized spacial score (nSPS) is 20.4. The minimum absolute atomic E-state index is 0.0225. The Morgan fingerprint density at radius 3 is 2.87 bits per heavy atom. The van der Waals surface area contributed by atoms with Crippen molar-refractivity contribution in [2.75, 3.05) is 25.0 Å². The van der Waals surface area contributed by atoms with E-state index in [1.165, 1.54) is 0 Å². The van der Waals surface area contributed by atoms with Gasteiger partial charge in [0.15, 0.2) is 0 Å². The van der Waals surface area contributed by atoms with Crippen molar-refractivity contribution < 1.29 is 9.21 Å². The summed E-state index contributed by atoms with van der Waals surface area (Å²) in [5.74, 6) is 1.73. The lowest BCUT2D eigenvalue weighted by molar-refractivity contribution is 0.0761. The number of carbonyl (C=O) groups is 1. The molecule has 2 aliphatic heterocycles. The summed E-state index contributed by atoms with van der Waals surface area (Å²) in [6, 6.07) is 7.54. The topological polar surface area (TPSA) is 61.6 Å². The molecule has 0 atom stereocenters. The zero-order valence-corrected chi connectivity index (χ0v) is 13.2. The molecule has 0 bridgehead atoms. The maximum absolute atomic E-state index is 12.4. The Kier molecular flexibility index (Phi) is 3.34. The first-order valence-corrected chi connectivity index (χ1v) is 7.94. The smallest absolute Gasteiger partial charge is 0.256 e. The average Bonchev–Trinajstić information content (AvgIpc) is 3.08. The minimum Gasteiger partial charge on any atom is -0.468 e. The molecule has 0 saturated carbocycles. The van der Waals surface area contributed by atoms with Crippen LogP contribution in [0.5, 0.6) is 0 Å². The number of fused-ring (bicyclic) bond motifs is 1. The summed E-state index contributed by atoms with van der Waals surface area (Å²) in [7, 11) is 2.02. The molecule has 4 rings (SSSR count). The Labute approximate surface area is 135 Å². The monoisotopic (exact) mass is 312 g/mol. The van der Waals surface area contributed by atoms with E-state index in [1.54, 1.807) is 18.5 Å². The van der Waals surface area contributed by atoms with Gasteiger partial charge in [-0.25, -0.2) is 4.98 Å². The van der Waals surface area contributed by atoms with Gasteiger partial charge in [0.25, 0.3) is 5.91 Å². The third-order valence-electron chi connectivity index (χ3n) is 4.98. The summed E-state index contributed by atoms with van der Waals surface area (Å²) in [4.78, 5) is 21.3. The Morgan fingerprint density at radius 2 is 2.13 bits per heavy atom. The summed E-state index contributed by atoms with van der Waals surface area (Å²) in [5, 5.41) is 3.21. The maximum Gasteiger partial charge on any atom is 0.256 e. The summed E-state index contributed by atoms with van der Waals surface area (Å²) < 4.78 is 5.43. The molecule has 0 unspecified atom stereocenters. The number of amides is 1. The van der Waals surface area contributed by atoms with Crippen molar-refractivity contribution in [2.24, 2.45) is 0 Å². The molecule has 1 spiro atoms. The number of hydrogen-bond donors (Lipinski definition) is 1. The molecule has 2 aromatic rings. The lowest BCUT2D eigenvalue weighted by Gasteiger charge is -2.50. The predicted octanol–water partition coefficient (Wildman–Crippen LogP) is 1.85. The van der Waals surface area contributed by atoms with Gasteiger partial charge >= 0.3 is 0 Å². The standard InChI is InChI=1S/C17H20N4O2/c1-20-15-14(5-2-8-18-15)16(22)19-17(20)6-9-21(10-7-17)12-13-4-3-11-23-13/h2-5,8,11H,6-7,9-10,12H2,1H3,(H,19,22). The van der Waals surface area contributed by atoms with E-state index in [0.717, 1.165) is 44.1 Å². The lowest BCUT2D eigenvalue weighted by Crippen LogP contribution is -2.66. The van der Waals surface area contributed by atoms with Gasteiger partial charge < -0.3 is 14.6 Å². The van der Waals surface area contributed by atoms with Crippen LogP contribution in [0.3, 0.4) is 0 Å². The van der Waals surface area contributed by atoms with Crippen LogP contribution in [0.1, 0.15) is 29.0 Å². The number of rotatable bonds is 2. The summed E-state index contributed by atoms with van der Waals surface area (Å²) >= 11 is 0. The molecule has 1 fully saturated rings. The van der Waals surface area contributed by atoms with Crippen LogP contribution < -0.4 is 10.2 Å². The van der Waals surface area contributed by atoms with Crippen molar-refractivity contribution >= 4 is 11.7 Å². The van der Waals surface area contributed by atoms with E-state index in [4.69, 9.17) is 4.42 Å². The molecule has 0 radical (unpaired) electrons. The number of carbonyl (C=O) groups excluding carboxylic acids is 1. The van der Waals surface area contributed by atoms with Gasteiger partial charge in [-0.2, -0.15) is 0 Å². The Morgan fingerprint density at radius 1 is 1.30 bits per heavy atom. The van der Waals surface area contributed by atoms with Gasteiger partial charge in [0.05, 0.1) is 18.4 Å². The van der Waals surface area contributed by atoms with Crippen LogP contribution in [-0.4, -0.2) is 41.6 Å². The van der Waals surface area contributed by atoms with Crippen LogP contribution in [0.25, 0.3) is 0 Å². The van der Waals surface area contributed by atoms with Gasteiger partial charge in [-0.15, -0.1) is 0 Å². The van der Waals surface area contributed by atoms with Gasteiger partial charge in [-0.3, -0.25) is 9.69 Å². The van der Waals surface area contributed by atoms with Gasteiger partial charge in [0, 0.05) is 39.2 Å². The third-order valence-corrected chi connectivity index (χ3v) is 4.98. The molecule has 1 amide bonds. The second-order valence-electron chi connectivity index (χ2n) is 6.27. The van der Waals surface area contributed by atoms with Crippen LogP contribution in [-0.2, 0) is 6.54 Å². The van der Waals surface area contributed by atoms with Crippen molar-refractivity contribution in [3.63, 3.8) is 0 Å². The first-order chi connectivity index (χ1) is 11.2. The van der Waals surface area contributed by atoms with Crippen molar-refractivity contribution in [2.45, 2.75) is 25.0 Å². The molecule has 4 heterocycles. The SMILES string of the molecule is CN1c2ncccc2C(=O)NC12CCN(Cc1ccco1)CC2. The molecule has 23 heavy (non-hydrogen) atoms. The number of nitrogens with one attached hydrogen (secondary N) is 1. The molecule has 0 aliphatic carbocycles. The van der Waals surface area contributed by atoms with E-state index >= 15 is 0 Å². The zero-order valence-electron chi connectivity index (χ0n) is 13.2. The van der Waals surface area contributed by atoms with E-state index in [1.807, 2.05) is 25.2 Å². The molecule has 1 saturated heterocycles. The third kappa shape index (κ3) is 2.39. The second kappa shape index (κ2) is 5.38. The molecule has 2 aliphatic rings. The summed E-state index contributed by atoms with van der Waals surface area (Å²) in [6.45, 7) is 2.64. The van der Waals surface area contributed by atoms with Crippen LogP contribution in [0.15, 0.2) is 41.1 Å². The Balaban J connectivity index is 1.51. The van der Waals surface area contributed by atoms with E-state index in [9.17, 15) is 4.79 Å². The number of pyridine rings is 1. The molecule has 6 heteroatoms. The molecule has 6 nitrogen and oxygen atoms in total. The van der Waals surface area contributed by atoms with Gasteiger partial charge in [0.1, 0.15) is 17.2 Å². The summed E-state index contributed by atoms with van der Waals surface area (Å²) in [6.07, 6.45) is 5.18. The highest BCUT2D eigenvalue weighted by molar-refractivity contribution is 6.01. The van der Waals surface area contributed by atoms with Crippen molar-refractivity contribution in [3.8, 4) is 0 Å². The number of piperidine rings is 1. The van der Waals surface area contributed by atoms with Crippen LogP contribution in [0.2, 0.25) is 0 Å². The van der Waals surface area contributed by atoms with Gasteiger partial charge in [-0.1, -0.05) is 0 Å². The highest BCUT2D eigenvalue weighted by atomic mass is 16.3. The fourth-order valence-electron chi connectivity index (χ4n) is 3.57. The molecular weight excluding hydrogens is 292 g/mol. The number of anilines is 1. The lowest BCUT2D eigenvalue weighted by atomic mass is 9.91. The van der Waals surface area contributed by atoms with Gasteiger partial charge in [0.2, 0.25) is 0 Å². The quantitative estimate of drug-likeness (QED) is 0.917. The molecule has 2 aromatic heterocycles. The second-order valence-corrected chi connectivity index (χ2v) is 6.27. The first-order valence-electron chi connectivity index (χ1n) is 7.94. The van der Waals surface area contributed by atoms with Crippen LogP contribution >= 0.6 is 0 Å². The van der Waals surface area contributed by atoms with Crippen molar-refractivity contribution in [1.82, 2.24) is 15.2 Å². The van der Waals surface area contributed by atoms with Crippen LogP contribution in [0.4, 0.5) is 5.82 Å². The number of likely N-dealkylation sites (tertiary alicyclic amines) is 1.